The highest BCUT2D eigenvalue weighted by Crippen LogP contribution is 2.08. The number of hydrogen-bond donors (Lipinski definition) is 1. The van der Waals surface area contributed by atoms with Crippen molar-refractivity contribution in [2.24, 2.45) is 0 Å². The summed E-state index contributed by atoms with van der Waals surface area (Å²) < 4.78 is 10.1. The molecule has 2 N–H and O–H groups in total. The first-order valence-corrected chi connectivity index (χ1v) is 6.05. The van der Waals surface area contributed by atoms with Gasteiger partial charge in [-0.15, -0.1) is 0 Å². The van der Waals surface area contributed by atoms with E-state index in [1.807, 2.05) is 0 Å². The van der Waals surface area contributed by atoms with Crippen molar-refractivity contribution in [3.63, 3.8) is 0 Å². The zero-order valence-corrected chi connectivity index (χ0v) is 10.5. The predicted molar refractivity (Wildman–Crippen MR) is 68.5 cm³/mol. The van der Waals surface area contributed by atoms with Crippen LogP contribution in [0.5, 0.6) is 0 Å². The van der Waals surface area contributed by atoms with Crippen molar-refractivity contribution in [1.82, 2.24) is 4.90 Å². The van der Waals surface area contributed by atoms with E-state index in [4.69, 9.17) is 15.2 Å². The van der Waals surface area contributed by atoms with Gasteiger partial charge in [-0.3, -0.25) is 4.79 Å². The van der Waals surface area contributed by atoms with Gasteiger partial charge in [-0.05, 0) is 18.2 Å². The van der Waals surface area contributed by atoms with Gasteiger partial charge in [-0.2, -0.15) is 0 Å². The van der Waals surface area contributed by atoms with Crippen LogP contribution in [0.25, 0.3) is 0 Å². The molecule has 19 heavy (non-hydrogen) atoms. The summed E-state index contributed by atoms with van der Waals surface area (Å²) in [6.45, 7) is 1.86. The molecule has 0 aliphatic carbocycles. The molecule has 6 heteroatoms. The quantitative estimate of drug-likeness (QED) is 0.626. The molecule has 6 nitrogen and oxygen atoms in total. The van der Waals surface area contributed by atoms with Crippen LogP contribution in [0, 0.1) is 0 Å². The Bertz CT molecular complexity index is 469. The van der Waals surface area contributed by atoms with Gasteiger partial charge in [-0.1, -0.05) is 6.07 Å². The molecule has 0 bridgehead atoms. The van der Waals surface area contributed by atoms with E-state index in [9.17, 15) is 9.59 Å². The van der Waals surface area contributed by atoms with Crippen molar-refractivity contribution in [1.29, 1.82) is 0 Å². The molecule has 2 rings (SSSR count). The minimum atomic E-state index is -0.547. The summed E-state index contributed by atoms with van der Waals surface area (Å²) >= 11 is 0. The summed E-state index contributed by atoms with van der Waals surface area (Å²) in [6, 6.07) is 6.45. The van der Waals surface area contributed by atoms with Crippen LogP contribution in [0.4, 0.5) is 5.69 Å². The fourth-order valence-corrected chi connectivity index (χ4v) is 1.78. The molecule has 0 aromatic heterocycles. The summed E-state index contributed by atoms with van der Waals surface area (Å²) in [7, 11) is 0. The average molecular weight is 264 g/mol. The van der Waals surface area contributed by atoms with E-state index < -0.39 is 5.97 Å². The Balaban J connectivity index is 1.84. The van der Waals surface area contributed by atoms with Crippen LogP contribution >= 0.6 is 0 Å². The number of amides is 1. The van der Waals surface area contributed by atoms with E-state index in [0.717, 1.165) is 0 Å². The first-order valence-electron chi connectivity index (χ1n) is 6.05. The molecule has 1 aromatic carbocycles. The third kappa shape index (κ3) is 3.69. The zero-order valence-electron chi connectivity index (χ0n) is 10.5. The summed E-state index contributed by atoms with van der Waals surface area (Å²) in [5, 5.41) is 0. The minimum Gasteiger partial charge on any atom is -0.452 e. The van der Waals surface area contributed by atoms with Gasteiger partial charge < -0.3 is 20.1 Å². The van der Waals surface area contributed by atoms with Crippen molar-refractivity contribution >= 4 is 17.6 Å². The summed E-state index contributed by atoms with van der Waals surface area (Å²) in [5.74, 6) is -0.755. The number of nitrogens with zero attached hydrogens (tertiary/aromatic N) is 1. The number of hydrogen-bond acceptors (Lipinski definition) is 5. The van der Waals surface area contributed by atoms with Gasteiger partial charge >= 0.3 is 5.97 Å². The van der Waals surface area contributed by atoms with Crippen LogP contribution in [0.2, 0.25) is 0 Å². The Morgan fingerprint density at radius 1 is 1.32 bits per heavy atom. The standard InChI is InChI=1S/C13H16N2O4/c14-11-3-1-2-10(8-11)13(17)19-9-12(16)15-4-6-18-7-5-15/h1-3,8H,4-7,9,14H2. The van der Waals surface area contributed by atoms with Gasteiger partial charge in [0.2, 0.25) is 0 Å². The number of morpholine rings is 1. The van der Waals surface area contributed by atoms with E-state index in [1.54, 1.807) is 23.1 Å². The number of nitrogen functional groups attached to an aromatic ring is 1. The normalized spacial score (nSPS) is 15.1. The molecular weight excluding hydrogens is 248 g/mol. The molecule has 0 atom stereocenters. The largest absolute Gasteiger partial charge is 0.452 e. The number of esters is 1. The van der Waals surface area contributed by atoms with Crippen LogP contribution in [-0.2, 0) is 14.3 Å². The van der Waals surface area contributed by atoms with E-state index in [1.165, 1.54) is 6.07 Å². The van der Waals surface area contributed by atoms with E-state index >= 15 is 0 Å². The Morgan fingerprint density at radius 3 is 2.74 bits per heavy atom. The molecule has 1 saturated heterocycles. The number of carbonyl (C=O) groups is 2. The average Bonchev–Trinajstić information content (AvgIpc) is 2.45. The van der Waals surface area contributed by atoms with Gasteiger partial charge in [0.1, 0.15) is 0 Å². The van der Waals surface area contributed by atoms with Gasteiger partial charge in [0, 0.05) is 18.8 Å². The number of anilines is 1. The first-order chi connectivity index (χ1) is 9.16. The molecule has 1 aromatic rings. The molecule has 1 fully saturated rings. The molecular formula is C13H16N2O4. The van der Waals surface area contributed by atoms with Crippen LogP contribution in [0.1, 0.15) is 10.4 Å². The number of benzene rings is 1. The smallest absolute Gasteiger partial charge is 0.338 e. The molecule has 0 radical (unpaired) electrons. The predicted octanol–water partition coefficient (Wildman–Crippen LogP) is 0.284. The Morgan fingerprint density at radius 2 is 2.05 bits per heavy atom. The summed E-state index contributed by atoms with van der Waals surface area (Å²) in [4.78, 5) is 25.1. The van der Waals surface area contributed by atoms with E-state index in [2.05, 4.69) is 0 Å². The minimum absolute atomic E-state index is 0.208. The number of rotatable bonds is 3. The van der Waals surface area contributed by atoms with Crippen LogP contribution in [0.15, 0.2) is 24.3 Å². The third-order valence-corrected chi connectivity index (χ3v) is 2.81. The van der Waals surface area contributed by atoms with E-state index in [0.29, 0.717) is 37.6 Å². The Kier molecular flexibility index (Phi) is 4.35. The lowest BCUT2D eigenvalue weighted by atomic mass is 10.2. The maximum absolute atomic E-state index is 11.8. The molecule has 1 heterocycles. The molecule has 0 unspecified atom stereocenters. The topological polar surface area (TPSA) is 81.9 Å². The summed E-state index contributed by atoms with van der Waals surface area (Å²) in [5.41, 5.74) is 6.40. The van der Waals surface area contributed by atoms with E-state index in [-0.39, 0.29) is 12.5 Å². The number of nitrogens with two attached hydrogens (primary N) is 1. The second kappa shape index (κ2) is 6.19. The Labute approximate surface area is 111 Å². The molecule has 1 aliphatic heterocycles. The second-order valence-electron chi connectivity index (χ2n) is 4.19. The SMILES string of the molecule is Nc1cccc(C(=O)OCC(=O)N2CCOCC2)c1. The summed E-state index contributed by atoms with van der Waals surface area (Å²) in [6.07, 6.45) is 0. The van der Waals surface area contributed by atoms with Crippen molar-refractivity contribution in [3.8, 4) is 0 Å². The fraction of sp³-hybridized carbons (Fsp3) is 0.385. The van der Waals surface area contributed by atoms with Crippen molar-refractivity contribution in [3.05, 3.63) is 29.8 Å². The highest BCUT2D eigenvalue weighted by molar-refractivity contribution is 5.92. The number of ether oxygens (including phenoxy) is 2. The van der Waals surface area contributed by atoms with Crippen LogP contribution < -0.4 is 5.73 Å². The van der Waals surface area contributed by atoms with Crippen molar-refractivity contribution < 1.29 is 19.1 Å². The lowest BCUT2D eigenvalue weighted by molar-refractivity contribution is -0.138. The lowest BCUT2D eigenvalue weighted by Crippen LogP contribution is -2.42. The molecule has 102 valence electrons. The molecule has 0 spiro atoms. The van der Waals surface area contributed by atoms with Crippen molar-refractivity contribution in [2.75, 3.05) is 38.6 Å². The van der Waals surface area contributed by atoms with Crippen molar-refractivity contribution in [2.45, 2.75) is 0 Å². The lowest BCUT2D eigenvalue weighted by Gasteiger charge is -2.26. The van der Waals surface area contributed by atoms with Gasteiger partial charge in [0.05, 0.1) is 18.8 Å². The zero-order chi connectivity index (χ0) is 13.7. The maximum atomic E-state index is 11.8. The molecule has 1 amide bonds. The first kappa shape index (κ1) is 13.4. The highest BCUT2D eigenvalue weighted by atomic mass is 16.5. The van der Waals surface area contributed by atoms with Gasteiger partial charge in [-0.25, -0.2) is 4.79 Å². The van der Waals surface area contributed by atoms with Crippen LogP contribution in [0.3, 0.4) is 0 Å². The van der Waals surface area contributed by atoms with Gasteiger partial charge in [0.15, 0.2) is 6.61 Å². The monoisotopic (exact) mass is 264 g/mol. The number of carbonyl (C=O) groups excluding carboxylic acids is 2. The third-order valence-electron chi connectivity index (χ3n) is 2.81. The fourth-order valence-electron chi connectivity index (χ4n) is 1.78. The molecule has 1 aliphatic rings. The highest BCUT2D eigenvalue weighted by Gasteiger charge is 2.18. The second-order valence-corrected chi connectivity index (χ2v) is 4.19. The molecule has 0 saturated carbocycles. The maximum Gasteiger partial charge on any atom is 0.338 e. The Hall–Kier alpha value is -2.08. The van der Waals surface area contributed by atoms with Crippen LogP contribution in [-0.4, -0.2) is 49.7 Å². The van der Waals surface area contributed by atoms with Gasteiger partial charge in [0.25, 0.3) is 5.91 Å².